The number of carbonyl (C=O) groups is 1. The first-order valence-corrected chi connectivity index (χ1v) is 4.83. The number of ether oxygens (including phenoxy) is 1. The van der Waals surface area contributed by atoms with Crippen LogP contribution < -0.4 is 0 Å². The second-order valence-corrected chi connectivity index (χ2v) is 3.69. The number of hydrogen-bond donors (Lipinski definition) is 0. The zero-order valence-electron chi connectivity index (χ0n) is 8.45. The molecule has 0 amide bonds. The van der Waals surface area contributed by atoms with Crippen LogP contribution in [-0.4, -0.2) is 12.1 Å². The van der Waals surface area contributed by atoms with E-state index in [4.69, 9.17) is 21.6 Å². The predicted octanol–water partition coefficient (Wildman–Crippen LogP) is 2.78. The van der Waals surface area contributed by atoms with Gasteiger partial charge in [-0.25, -0.2) is 4.79 Å². The van der Waals surface area contributed by atoms with Crippen LogP contribution in [0.25, 0.3) is 0 Å². The van der Waals surface area contributed by atoms with E-state index in [0.29, 0.717) is 5.02 Å². The Balaban J connectivity index is 3.04. The van der Waals surface area contributed by atoms with Gasteiger partial charge in [-0.15, -0.1) is 0 Å². The number of esters is 1. The summed E-state index contributed by atoms with van der Waals surface area (Å²) in [5, 5.41) is 9.23. The average molecular weight is 224 g/mol. The summed E-state index contributed by atoms with van der Waals surface area (Å²) in [6.07, 6.45) is -0.209. The van der Waals surface area contributed by atoms with E-state index < -0.39 is 5.97 Å². The molecule has 1 aromatic rings. The van der Waals surface area contributed by atoms with Gasteiger partial charge in [0.05, 0.1) is 17.2 Å². The van der Waals surface area contributed by atoms with Gasteiger partial charge in [0, 0.05) is 5.02 Å². The smallest absolute Gasteiger partial charge is 0.339 e. The van der Waals surface area contributed by atoms with Gasteiger partial charge in [-0.2, -0.15) is 5.26 Å². The Labute approximate surface area is 93.2 Å². The van der Waals surface area contributed by atoms with Crippen LogP contribution in [0.1, 0.15) is 29.8 Å². The molecule has 0 aliphatic heterocycles. The zero-order valence-corrected chi connectivity index (χ0v) is 9.21. The number of nitriles is 1. The van der Waals surface area contributed by atoms with Gasteiger partial charge < -0.3 is 4.74 Å². The standard InChI is InChI=1S/C11H10ClNO2/c1-7(2)15-11(14)10-4-3-9(12)5-8(10)6-13/h3-5,7H,1-2H3. The third kappa shape index (κ3) is 2.97. The highest BCUT2D eigenvalue weighted by Crippen LogP contribution is 2.16. The number of nitrogens with zero attached hydrogens (tertiary/aromatic N) is 1. The molecule has 0 aliphatic carbocycles. The van der Waals surface area contributed by atoms with E-state index in [2.05, 4.69) is 0 Å². The highest BCUT2D eigenvalue weighted by atomic mass is 35.5. The minimum absolute atomic E-state index is 0.209. The maximum Gasteiger partial charge on any atom is 0.339 e. The molecule has 3 nitrogen and oxygen atoms in total. The third-order valence-electron chi connectivity index (χ3n) is 1.66. The molecule has 0 atom stereocenters. The van der Waals surface area contributed by atoms with Gasteiger partial charge in [0.25, 0.3) is 0 Å². The third-order valence-corrected chi connectivity index (χ3v) is 1.90. The van der Waals surface area contributed by atoms with Crippen LogP contribution >= 0.6 is 11.6 Å². The molecular formula is C11H10ClNO2. The van der Waals surface area contributed by atoms with Gasteiger partial charge in [-0.1, -0.05) is 11.6 Å². The fourth-order valence-corrected chi connectivity index (χ4v) is 1.24. The van der Waals surface area contributed by atoms with Crippen molar-refractivity contribution in [3.05, 3.63) is 34.3 Å². The molecule has 0 spiro atoms. The van der Waals surface area contributed by atoms with Crippen LogP contribution in [0.5, 0.6) is 0 Å². The Bertz CT molecular complexity index is 421. The molecule has 4 heteroatoms. The quantitative estimate of drug-likeness (QED) is 0.725. The van der Waals surface area contributed by atoms with Crippen LogP contribution in [0.3, 0.4) is 0 Å². The Hall–Kier alpha value is -1.53. The van der Waals surface area contributed by atoms with Crippen LogP contribution in [-0.2, 0) is 4.74 Å². The van der Waals surface area contributed by atoms with E-state index in [0.717, 1.165) is 0 Å². The molecule has 0 aliphatic rings. The predicted molar refractivity (Wildman–Crippen MR) is 56.7 cm³/mol. The molecule has 1 rings (SSSR count). The minimum Gasteiger partial charge on any atom is -0.459 e. The van der Waals surface area contributed by atoms with Crippen molar-refractivity contribution < 1.29 is 9.53 Å². The van der Waals surface area contributed by atoms with E-state index in [1.54, 1.807) is 19.9 Å². The minimum atomic E-state index is -0.502. The molecule has 0 saturated carbocycles. The fourth-order valence-electron chi connectivity index (χ4n) is 1.06. The van der Waals surface area contributed by atoms with Crippen molar-refractivity contribution in [2.24, 2.45) is 0 Å². The monoisotopic (exact) mass is 223 g/mol. The maximum absolute atomic E-state index is 11.5. The highest BCUT2D eigenvalue weighted by Gasteiger charge is 2.14. The lowest BCUT2D eigenvalue weighted by Crippen LogP contribution is -2.12. The summed E-state index contributed by atoms with van der Waals surface area (Å²) >= 11 is 5.70. The topological polar surface area (TPSA) is 50.1 Å². The van der Waals surface area contributed by atoms with Gasteiger partial charge in [0.2, 0.25) is 0 Å². The molecule has 0 radical (unpaired) electrons. The first kappa shape index (κ1) is 11.5. The van der Waals surface area contributed by atoms with E-state index in [1.165, 1.54) is 12.1 Å². The first-order chi connectivity index (χ1) is 7.04. The van der Waals surface area contributed by atoms with E-state index in [9.17, 15) is 4.79 Å². The van der Waals surface area contributed by atoms with Gasteiger partial charge in [-0.3, -0.25) is 0 Å². The SMILES string of the molecule is CC(C)OC(=O)c1ccc(Cl)cc1C#N. The molecule has 15 heavy (non-hydrogen) atoms. The van der Waals surface area contributed by atoms with Crippen molar-refractivity contribution in [2.75, 3.05) is 0 Å². The van der Waals surface area contributed by atoms with Crippen molar-refractivity contribution in [1.82, 2.24) is 0 Å². The van der Waals surface area contributed by atoms with Crippen LogP contribution in [0.2, 0.25) is 5.02 Å². The summed E-state index contributed by atoms with van der Waals surface area (Å²) < 4.78 is 4.99. The molecule has 0 heterocycles. The van der Waals surface area contributed by atoms with Crippen molar-refractivity contribution in [2.45, 2.75) is 20.0 Å². The van der Waals surface area contributed by atoms with Crippen molar-refractivity contribution in [3.8, 4) is 6.07 Å². The van der Waals surface area contributed by atoms with Gasteiger partial charge >= 0.3 is 5.97 Å². The lowest BCUT2D eigenvalue weighted by atomic mass is 10.1. The van der Waals surface area contributed by atoms with Crippen molar-refractivity contribution in [1.29, 1.82) is 5.26 Å². The van der Waals surface area contributed by atoms with Gasteiger partial charge in [0.1, 0.15) is 6.07 Å². The van der Waals surface area contributed by atoms with Crippen molar-refractivity contribution >= 4 is 17.6 Å². The number of halogens is 1. The molecular weight excluding hydrogens is 214 g/mol. The summed E-state index contributed by atoms with van der Waals surface area (Å²) in [6.45, 7) is 3.50. The summed E-state index contributed by atoms with van der Waals surface area (Å²) in [6, 6.07) is 6.39. The first-order valence-electron chi connectivity index (χ1n) is 4.45. The summed E-state index contributed by atoms with van der Waals surface area (Å²) in [4.78, 5) is 11.5. The molecule has 0 aromatic heterocycles. The summed E-state index contributed by atoms with van der Waals surface area (Å²) in [5.74, 6) is -0.502. The average Bonchev–Trinajstić information content (AvgIpc) is 2.16. The van der Waals surface area contributed by atoms with E-state index in [-0.39, 0.29) is 17.2 Å². The number of hydrogen-bond acceptors (Lipinski definition) is 3. The number of rotatable bonds is 2. The fraction of sp³-hybridized carbons (Fsp3) is 0.273. The molecule has 1 aromatic carbocycles. The lowest BCUT2D eigenvalue weighted by molar-refractivity contribution is 0.0377. The van der Waals surface area contributed by atoms with Crippen molar-refractivity contribution in [3.63, 3.8) is 0 Å². The molecule has 0 fully saturated rings. The number of carbonyl (C=O) groups excluding carboxylic acids is 1. The highest BCUT2D eigenvalue weighted by molar-refractivity contribution is 6.30. The zero-order chi connectivity index (χ0) is 11.4. The van der Waals surface area contributed by atoms with Gasteiger partial charge in [0.15, 0.2) is 0 Å². The molecule has 0 saturated heterocycles. The molecule has 0 bridgehead atoms. The second kappa shape index (κ2) is 4.81. The van der Waals surface area contributed by atoms with Crippen LogP contribution in [0.4, 0.5) is 0 Å². The normalized spacial score (nSPS) is 9.80. The molecule has 0 unspecified atom stereocenters. The van der Waals surface area contributed by atoms with E-state index in [1.807, 2.05) is 6.07 Å². The Kier molecular flexibility index (Phi) is 3.70. The lowest BCUT2D eigenvalue weighted by Gasteiger charge is -2.08. The molecule has 78 valence electrons. The maximum atomic E-state index is 11.5. The molecule has 0 N–H and O–H groups in total. The van der Waals surface area contributed by atoms with Crippen LogP contribution in [0.15, 0.2) is 18.2 Å². The summed E-state index contributed by atoms with van der Waals surface area (Å²) in [5.41, 5.74) is 0.476. The van der Waals surface area contributed by atoms with Gasteiger partial charge in [-0.05, 0) is 32.0 Å². The summed E-state index contributed by atoms with van der Waals surface area (Å²) in [7, 11) is 0. The van der Waals surface area contributed by atoms with Crippen LogP contribution in [0, 0.1) is 11.3 Å². The second-order valence-electron chi connectivity index (χ2n) is 3.26. The largest absolute Gasteiger partial charge is 0.459 e. The Morgan fingerprint density at radius 1 is 1.53 bits per heavy atom. The Morgan fingerprint density at radius 2 is 2.20 bits per heavy atom. The number of benzene rings is 1. The Morgan fingerprint density at radius 3 is 2.73 bits per heavy atom. The van der Waals surface area contributed by atoms with E-state index >= 15 is 0 Å².